The van der Waals surface area contributed by atoms with Crippen molar-refractivity contribution < 1.29 is 5.21 Å². The van der Waals surface area contributed by atoms with E-state index in [-0.39, 0.29) is 5.84 Å². The van der Waals surface area contributed by atoms with Crippen molar-refractivity contribution in [3.05, 3.63) is 23.7 Å². The lowest BCUT2D eigenvalue weighted by molar-refractivity contribution is 0.318. The number of pyridine rings is 1. The third-order valence-electron chi connectivity index (χ3n) is 2.37. The van der Waals surface area contributed by atoms with Crippen LogP contribution in [0.15, 0.2) is 17.4 Å². The van der Waals surface area contributed by atoms with Gasteiger partial charge in [-0.15, -0.1) is 0 Å². The maximum Gasteiger partial charge on any atom is 0.178 e. The van der Waals surface area contributed by atoms with Gasteiger partial charge in [-0.05, 0) is 12.6 Å². The molecule has 2 aromatic rings. The molecule has 0 unspecified atom stereocenters. The molecule has 0 aromatic carbocycles. The number of aromatic nitrogens is 3. The minimum absolute atomic E-state index is 0.0380. The zero-order valence-electron chi connectivity index (χ0n) is 9.44. The van der Waals surface area contributed by atoms with Gasteiger partial charge in [0.1, 0.15) is 5.82 Å². The van der Waals surface area contributed by atoms with E-state index in [1.165, 1.54) is 0 Å². The van der Waals surface area contributed by atoms with Gasteiger partial charge in [0.2, 0.25) is 0 Å². The lowest BCUT2D eigenvalue weighted by atomic mass is 10.2. The van der Waals surface area contributed by atoms with E-state index in [1.54, 1.807) is 12.3 Å². The molecule has 0 spiro atoms. The van der Waals surface area contributed by atoms with Gasteiger partial charge in [-0.3, -0.25) is 0 Å². The van der Waals surface area contributed by atoms with Crippen LogP contribution < -0.4 is 11.1 Å². The van der Waals surface area contributed by atoms with E-state index in [2.05, 4.69) is 25.4 Å². The van der Waals surface area contributed by atoms with E-state index in [9.17, 15) is 0 Å². The summed E-state index contributed by atoms with van der Waals surface area (Å²) in [4.78, 5) is 11.5. The summed E-state index contributed by atoms with van der Waals surface area (Å²) in [5.41, 5.74) is 7.40. The van der Waals surface area contributed by atoms with Crippen molar-refractivity contribution in [2.24, 2.45) is 10.9 Å². The summed E-state index contributed by atoms with van der Waals surface area (Å²) in [6.07, 6.45) is 1.58. The van der Waals surface area contributed by atoms with Crippen LogP contribution in [0.4, 0.5) is 0 Å². The van der Waals surface area contributed by atoms with Crippen molar-refractivity contribution >= 4 is 17.0 Å². The Labute approximate surface area is 97.8 Å². The molecule has 17 heavy (non-hydrogen) atoms. The first-order valence-electron chi connectivity index (χ1n) is 5.28. The Morgan fingerprint density at radius 2 is 2.47 bits per heavy atom. The van der Waals surface area contributed by atoms with Crippen molar-refractivity contribution in [3.8, 4) is 0 Å². The summed E-state index contributed by atoms with van der Waals surface area (Å²) >= 11 is 0. The van der Waals surface area contributed by atoms with Crippen molar-refractivity contribution in [1.82, 2.24) is 20.3 Å². The molecule has 0 radical (unpaired) electrons. The fourth-order valence-corrected chi connectivity index (χ4v) is 1.55. The number of aromatic amines is 1. The van der Waals surface area contributed by atoms with Gasteiger partial charge in [0, 0.05) is 11.8 Å². The molecular formula is C10H14N6O. The third kappa shape index (κ3) is 2.18. The highest BCUT2D eigenvalue weighted by atomic mass is 16.4. The standard InChI is InChI=1S/C10H14N6O/c1-2-12-5-7-14-8-6(9(11)16-17)3-4-13-10(8)15-7/h3-4,12,17H,2,5H2,1H3,(H2,11,16)(H,13,14,15). The predicted molar refractivity (Wildman–Crippen MR) is 63.8 cm³/mol. The van der Waals surface area contributed by atoms with Crippen LogP contribution in [0.1, 0.15) is 18.3 Å². The lowest BCUT2D eigenvalue weighted by Crippen LogP contribution is -2.14. The van der Waals surface area contributed by atoms with E-state index in [0.717, 1.165) is 12.4 Å². The Bertz CT molecular complexity index is 547. The van der Waals surface area contributed by atoms with Gasteiger partial charge < -0.3 is 21.2 Å². The Balaban J connectivity index is 2.45. The highest BCUT2D eigenvalue weighted by Gasteiger charge is 2.10. The number of nitrogens with two attached hydrogens (primary N) is 1. The largest absolute Gasteiger partial charge is 0.409 e. The summed E-state index contributed by atoms with van der Waals surface area (Å²) in [6, 6.07) is 1.67. The van der Waals surface area contributed by atoms with E-state index >= 15 is 0 Å². The number of rotatable bonds is 4. The molecule has 0 atom stereocenters. The molecule has 0 fully saturated rings. The first-order valence-corrected chi connectivity index (χ1v) is 5.28. The number of H-pyrrole nitrogens is 1. The number of hydrogen-bond donors (Lipinski definition) is 4. The Morgan fingerprint density at radius 1 is 1.65 bits per heavy atom. The molecule has 7 heteroatoms. The molecule has 90 valence electrons. The highest BCUT2D eigenvalue weighted by molar-refractivity contribution is 6.05. The van der Waals surface area contributed by atoms with Crippen LogP contribution >= 0.6 is 0 Å². The number of nitrogens with zero attached hydrogens (tertiary/aromatic N) is 3. The fraction of sp³-hybridized carbons (Fsp3) is 0.300. The number of hydrogen-bond acceptors (Lipinski definition) is 5. The van der Waals surface area contributed by atoms with Gasteiger partial charge in [-0.25, -0.2) is 9.97 Å². The average molecular weight is 234 g/mol. The Kier molecular flexibility index (Phi) is 3.20. The van der Waals surface area contributed by atoms with Crippen LogP contribution in [0.25, 0.3) is 11.2 Å². The maximum absolute atomic E-state index is 8.69. The second-order valence-electron chi connectivity index (χ2n) is 3.51. The van der Waals surface area contributed by atoms with Crippen LogP contribution in [-0.4, -0.2) is 32.5 Å². The van der Waals surface area contributed by atoms with Crippen molar-refractivity contribution in [3.63, 3.8) is 0 Å². The number of amidine groups is 1. The van der Waals surface area contributed by atoms with Crippen molar-refractivity contribution in [2.75, 3.05) is 6.54 Å². The average Bonchev–Trinajstić information content (AvgIpc) is 2.77. The van der Waals surface area contributed by atoms with E-state index < -0.39 is 0 Å². The Morgan fingerprint density at radius 3 is 3.18 bits per heavy atom. The monoisotopic (exact) mass is 234 g/mol. The molecule has 0 aliphatic rings. The van der Waals surface area contributed by atoms with Crippen LogP contribution in [0, 0.1) is 0 Å². The molecule has 0 aliphatic carbocycles. The number of fused-ring (bicyclic) bond motifs is 1. The summed E-state index contributed by atoms with van der Waals surface area (Å²) in [6.45, 7) is 3.50. The summed E-state index contributed by atoms with van der Waals surface area (Å²) in [5.74, 6) is 0.809. The molecule has 2 aromatic heterocycles. The predicted octanol–water partition coefficient (Wildman–Crippen LogP) is 0.162. The topological polar surface area (TPSA) is 112 Å². The molecule has 2 heterocycles. The summed E-state index contributed by atoms with van der Waals surface area (Å²) < 4.78 is 0. The summed E-state index contributed by atoms with van der Waals surface area (Å²) in [5, 5.41) is 14.8. The van der Waals surface area contributed by atoms with E-state index in [4.69, 9.17) is 10.9 Å². The number of imidazole rings is 1. The normalized spacial score (nSPS) is 12.2. The fourth-order valence-electron chi connectivity index (χ4n) is 1.55. The summed E-state index contributed by atoms with van der Waals surface area (Å²) in [7, 11) is 0. The molecule has 0 amide bonds. The number of oxime groups is 1. The smallest absolute Gasteiger partial charge is 0.178 e. The first-order chi connectivity index (χ1) is 8.26. The Hall–Kier alpha value is -2.15. The molecule has 0 bridgehead atoms. The van der Waals surface area contributed by atoms with Crippen LogP contribution in [0.5, 0.6) is 0 Å². The van der Waals surface area contributed by atoms with Crippen LogP contribution in [-0.2, 0) is 6.54 Å². The third-order valence-corrected chi connectivity index (χ3v) is 2.37. The molecule has 0 aliphatic heterocycles. The number of nitrogens with one attached hydrogen (secondary N) is 2. The van der Waals surface area contributed by atoms with Gasteiger partial charge in [-0.1, -0.05) is 12.1 Å². The zero-order valence-corrected chi connectivity index (χ0v) is 9.44. The van der Waals surface area contributed by atoms with Gasteiger partial charge in [0.25, 0.3) is 0 Å². The molecule has 2 rings (SSSR count). The molecule has 5 N–H and O–H groups in total. The van der Waals surface area contributed by atoms with Crippen molar-refractivity contribution in [2.45, 2.75) is 13.5 Å². The van der Waals surface area contributed by atoms with Gasteiger partial charge in [-0.2, -0.15) is 0 Å². The SMILES string of the molecule is CCNCc1nc2nccc(/C(N)=N/O)c2[nH]1. The van der Waals surface area contributed by atoms with Crippen LogP contribution in [0.3, 0.4) is 0 Å². The molecular weight excluding hydrogens is 220 g/mol. The second-order valence-corrected chi connectivity index (χ2v) is 3.51. The van der Waals surface area contributed by atoms with Gasteiger partial charge in [0.15, 0.2) is 11.5 Å². The zero-order chi connectivity index (χ0) is 12.3. The minimum atomic E-state index is 0.0380. The molecule has 0 saturated heterocycles. The maximum atomic E-state index is 8.69. The molecule has 7 nitrogen and oxygen atoms in total. The van der Waals surface area contributed by atoms with E-state index in [1.807, 2.05) is 6.92 Å². The van der Waals surface area contributed by atoms with Gasteiger partial charge >= 0.3 is 0 Å². The quantitative estimate of drug-likeness (QED) is 0.260. The van der Waals surface area contributed by atoms with Gasteiger partial charge in [0.05, 0.1) is 12.1 Å². The second kappa shape index (κ2) is 4.79. The first kappa shape index (κ1) is 11.3. The van der Waals surface area contributed by atoms with Crippen molar-refractivity contribution in [1.29, 1.82) is 0 Å². The minimum Gasteiger partial charge on any atom is -0.409 e. The van der Waals surface area contributed by atoms with E-state index in [0.29, 0.717) is 23.3 Å². The highest BCUT2D eigenvalue weighted by Crippen LogP contribution is 2.13. The molecule has 0 saturated carbocycles. The lowest BCUT2D eigenvalue weighted by Gasteiger charge is -1.98. The van der Waals surface area contributed by atoms with Crippen LogP contribution in [0.2, 0.25) is 0 Å².